The van der Waals surface area contributed by atoms with Crippen molar-refractivity contribution in [2.45, 2.75) is 25.3 Å². The minimum Gasteiger partial charge on any atom is -0.345 e. The number of carbonyl (C=O) groups is 1. The van der Waals surface area contributed by atoms with Gasteiger partial charge in [-0.25, -0.2) is 4.39 Å². The van der Waals surface area contributed by atoms with Crippen LogP contribution in [-0.2, 0) is 6.42 Å². The van der Waals surface area contributed by atoms with Gasteiger partial charge in [-0.05, 0) is 54.7 Å². The molecule has 0 aliphatic heterocycles. The molecule has 0 bridgehead atoms. The van der Waals surface area contributed by atoms with Crippen molar-refractivity contribution < 1.29 is 9.18 Å². The van der Waals surface area contributed by atoms with Gasteiger partial charge in [-0.3, -0.25) is 9.78 Å². The number of nitrogens with zero attached hydrogens (tertiary/aromatic N) is 1. The topological polar surface area (TPSA) is 42.0 Å². The number of carbonyl (C=O) groups excluding carboxylic acids is 1. The lowest BCUT2D eigenvalue weighted by atomic mass is 9.87. The SMILES string of the molecule is O=C(N[C@H]1CCCc2ccccc21)c1ccc(-c2cccc(F)c2)nc1. The number of aromatic nitrogens is 1. The predicted octanol–water partition coefficient (Wildman–Crippen LogP) is 4.70. The number of rotatable bonds is 3. The lowest BCUT2D eigenvalue weighted by Gasteiger charge is -2.26. The maximum atomic E-state index is 13.4. The fraction of sp³-hybridized carbons (Fsp3) is 0.182. The number of hydrogen-bond acceptors (Lipinski definition) is 2. The van der Waals surface area contributed by atoms with E-state index in [0.717, 1.165) is 19.3 Å². The van der Waals surface area contributed by atoms with Crippen LogP contribution in [0, 0.1) is 5.82 Å². The zero-order valence-corrected chi connectivity index (χ0v) is 14.3. The Morgan fingerprint density at radius 3 is 2.77 bits per heavy atom. The van der Waals surface area contributed by atoms with Crippen molar-refractivity contribution >= 4 is 5.91 Å². The highest BCUT2D eigenvalue weighted by atomic mass is 19.1. The Labute approximate surface area is 151 Å². The molecule has 1 heterocycles. The molecule has 4 heteroatoms. The summed E-state index contributed by atoms with van der Waals surface area (Å²) in [6.07, 6.45) is 4.62. The average Bonchev–Trinajstić information content (AvgIpc) is 2.68. The van der Waals surface area contributed by atoms with Crippen molar-refractivity contribution in [2.75, 3.05) is 0 Å². The van der Waals surface area contributed by atoms with Crippen molar-refractivity contribution in [2.24, 2.45) is 0 Å². The van der Waals surface area contributed by atoms with Crippen LogP contribution in [0.25, 0.3) is 11.3 Å². The lowest BCUT2D eigenvalue weighted by molar-refractivity contribution is 0.0932. The van der Waals surface area contributed by atoms with Gasteiger partial charge in [-0.15, -0.1) is 0 Å². The van der Waals surface area contributed by atoms with E-state index < -0.39 is 0 Å². The molecular formula is C22H19FN2O. The Balaban J connectivity index is 1.51. The van der Waals surface area contributed by atoms with Gasteiger partial charge in [0.1, 0.15) is 5.82 Å². The van der Waals surface area contributed by atoms with E-state index in [1.54, 1.807) is 30.5 Å². The number of fused-ring (bicyclic) bond motifs is 1. The van der Waals surface area contributed by atoms with Gasteiger partial charge in [0.25, 0.3) is 5.91 Å². The molecule has 0 unspecified atom stereocenters. The largest absolute Gasteiger partial charge is 0.345 e. The highest BCUT2D eigenvalue weighted by molar-refractivity contribution is 5.94. The average molecular weight is 346 g/mol. The summed E-state index contributed by atoms with van der Waals surface area (Å²) in [4.78, 5) is 16.9. The summed E-state index contributed by atoms with van der Waals surface area (Å²) in [5, 5.41) is 3.12. The van der Waals surface area contributed by atoms with Crippen molar-refractivity contribution in [3.63, 3.8) is 0 Å². The van der Waals surface area contributed by atoms with E-state index >= 15 is 0 Å². The van der Waals surface area contributed by atoms with E-state index in [1.807, 2.05) is 12.1 Å². The zero-order chi connectivity index (χ0) is 17.9. The minimum atomic E-state index is -0.304. The second-order valence-electron chi connectivity index (χ2n) is 6.56. The maximum Gasteiger partial charge on any atom is 0.253 e. The first kappa shape index (κ1) is 16.5. The molecule has 130 valence electrons. The molecular weight excluding hydrogens is 327 g/mol. The minimum absolute atomic E-state index is 0.0374. The number of benzene rings is 2. The third kappa shape index (κ3) is 3.36. The van der Waals surface area contributed by atoms with Crippen LogP contribution < -0.4 is 5.32 Å². The molecule has 1 aliphatic rings. The third-order valence-corrected chi connectivity index (χ3v) is 4.82. The van der Waals surface area contributed by atoms with E-state index in [9.17, 15) is 9.18 Å². The number of halogens is 1. The predicted molar refractivity (Wildman–Crippen MR) is 99.2 cm³/mol. The summed E-state index contributed by atoms with van der Waals surface area (Å²) in [5.74, 6) is -0.438. The first-order valence-electron chi connectivity index (χ1n) is 8.81. The smallest absolute Gasteiger partial charge is 0.253 e. The molecule has 2 aromatic carbocycles. The van der Waals surface area contributed by atoms with Gasteiger partial charge in [0, 0.05) is 11.8 Å². The summed E-state index contributed by atoms with van der Waals surface area (Å²) >= 11 is 0. The molecule has 1 aliphatic carbocycles. The lowest BCUT2D eigenvalue weighted by Crippen LogP contribution is -2.31. The van der Waals surface area contributed by atoms with Gasteiger partial charge in [0.15, 0.2) is 0 Å². The summed E-state index contributed by atoms with van der Waals surface area (Å²) in [5.41, 5.74) is 4.36. The van der Waals surface area contributed by atoms with Crippen LogP contribution in [-0.4, -0.2) is 10.9 Å². The number of nitrogens with one attached hydrogen (secondary N) is 1. The van der Waals surface area contributed by atoms with Crippen LogP contribution in [0.4, 0.5) is 4.39 Å². The first-order valence-corrected chi connectivity index (χ1v) is 8.81. The molecule has 1 N–H and O–H groups in total. The molecule has 0 saturated carbocycles. The molecule has 1 atom stereocenters. The first-order chi connectivity index (χ1) is 12.7. The van der Waals surface area contributed by atoms with Crippen LogP contribution in [0.5, 0.6) is 0 Å². The van der Waals surface area contributed by atoms with Crippen molar-refractivity contribution in [3.8, 4) is 11.3 Å². The molecule has 0 spiro atoms. The van der Waals surface area contributed by atoms with E-state index in [0.29, 0.717) is 16.8 Å². The normalized spacial score (nSPS) is 16.0. The summed E-state index contributed by atoms with van der Waals surface area (Å²) in [6, 6.07) is 18.1. The fourth-order valence-corrected chi connectivity index (χ4v) is 3.49. The number of amides is 1. The standard InChI is InChI=1S/C22H19FN2O/c23-18-8-3-7-16(13-18)20-12-11-17(14-24-20)22(26)25-21-10-4-6-15-5-1-2-9-19(15)21/h1-3,5,7-9,11-14,21H,4,6,10H2,(H,25,26)/t21-/m0/s1. The van der Waals surface area contributed by atoms with E-state index in [-0.39, 0.29) is 17.8 Å². The maximum absolute atomic E-state index is 13.4. The summed E-state index contributed by atoms with van der Waals surface area (Å²) in [6.45, 7) is 0. The summed E-state index contributed by atoms with van der Waals surface area (Å²) < 4.78 is 13.4. The number of aryl methyl sites for hydroxylation is 1. The van der Waals surface area contributed by atoms with Crippen molar-refractivity contribution in [1.82, 2.24) is 10.3 Å². The van der Waals surface area contributed by atoms with Gasteiger partial charge >= 0.3 is 0 Å². The third-order valence-electron chi connectivity index (χ3n) is 4.82. The quantitative estimate of drug-likeness (QED) is 0.747. The summed E-state index contributed by atoms with van der Waals surface area (Å²) in [7, 11) is 0. The van der Waals surface area contributed by atoms with Gasteiger partial charge < -0.3 is 5.32 Å². The molecule has 1 aromatic heterocycles. The van der Waals surface area contributed by atoms with Gasteiger partial charge in [0.2, 0.25) is 0 Å². The Morgan fingerprint density at radius 1 is 1.08 bits per heavy atom. The van der Waals surface area contributed by atoms with E-state index in [1.165, 1.54) is 23.3 Å². The Hall–Kier alpha value is -3.01. The van der Waals surface area contributed by atoms with Crippen LogP contribution in [0.2, 0.25) is 0 Å². The zero-order valence-electron chi connectivity index (χ0n) is 14.3. The molecule has 0 fully saturated rings. The number of hydrogen-bond donors (Lipinski definition) is 1. The van der Waals surface area contributed by atoms with Crippen LogP contribution in [0.3, 0.4) is 0 Å². The highest BCUT2D eigenvalue weighted by Gasteiger charge is 2.22. The van der Waals surface area contributed by atoms with Crippen LogP contribution >= 0.6 is 0 Å². The second-order valence-corrected chi connectivity index (χ2v) is 6.56. The Kier molecular flexibility index (Phi) is 4.48. The molecule has 4 rings (SSSR count). The van der Waals surface area contributed by atoms with E-state index in [4.69, 9.17) is 0 Å². The van der Waals surface area contributed by atoms with Gasteiger partial charge in [0.05, 0.1) is 17.3 Å². The second kappa shape index (κ2) is 7.08. The highest BCUT2D eigenvalue weighted by Crippen LogP contribution is 2.29. The number of pyridine rings is 1. The van der Waals surface area contributed by atoms with E-state index in [2.05, 4.69) is 22.4 Å². The molecule has 3 nitrogen and oxygen atoms in total. The molecule has 0 saturated heterocycles. The molecule has 3 aromatic rings. The van der Waals surface area contributed by atoms with Crippen LogP contribution in [0.15, 0.2) is 66.9 Å². The van der Waals surface area contributed by atoms with Crippen molar-refractivity contribution in [3.05, 3.63) is 89.4 Å². The molecule has 26 heavy (non-hydrogen) atoms. The van der Waals surface area contributed by atoms with Crippen molar-refractivity contribution in [1.29, 1.82) is 0 Å². The van der Waals surface area contributed by atoms with Gasteiger partial charge in [-0.1, -0.05) is 36.4 Å². The Bertz CT molecular complexity index is 937. The monoisotopic (exact) mass is 346 g/mol. The van der Waals surface area contributed by atoms with Crippen LogP contribution in [0.1, 0.15) is 40.4 Å². The Morgan fingerprint density at radius 2 is 1.96 bits per heavy atom. The van der Waals surface area contributed by atoms with Gasteiger partial charge in [-0.2, -0.15) is 0 Å². The molecule has 1 amide bonds. The fourth-order valence-electron chi connectivity index (χ4n) is 3.49. The molecule has 0 radical (unpaired) electrons.